The fourth-order valence-corrected chi connectivity index (χ4v) is 2.85. The van der Waals surface area contributed by atoms with Gasteiger partial charge in [0.05, 0.1) is 4.75 Å². The van der Waals surface area contributed by atoms with Crippen LogP contribution in [0.2, 0.25) is 0 Å². The maximum absolute atomic E-state index is 11.7. The minimum absolute atomic E-state index is 0.168. The van der Waals surface area contributed by atoms with E-state index >= 15 is 0 Å². The quantitative estimate of drug-likeness (QED) is 0.908. The molecule has 4 heteroatoms. The van der Waals surface area contributed by atoms with Crippen LogP contribution in [0.3, 0.4) is 0 Å². The van der Waals surface area contributed by atoms with Gasteiger partial charge in [-0.25, -0.2) is 8.42 Å². The Balaban J connectivity index is 2.04. The molecular weight excluding hydrogens is 270 g/mol. The van der Waals surface area contributed by atoms with Crippen molar-refractivity contribution in [3.63, 3.8) is 0 Å². The Morgan fingerprint density at radius 2 is 1.90 bits per heavy atom. The lowest BCUT2D eigenvalue weighted by molar-refractivity contribution is 0.488. The summed E-state index contributed by atoms with van der Waals surface area (Å²) in [7, 11) is -3.05. The van der Waals surface area contributed by atoms with Gasteiger partial charge in [0.1, 0.15) is 0 Å². The van der Waals surface area contributed by atoms with Gasteiger partial charge in [0, 0.05) is 18.8 Å². The molecule has 1 N–H and O–H groups in total. The van der Waals surface area contributed by atoms with E-state index in [0.29, 0.717) is 6.54 Å². The predicted octanol–water partition coefficient (Wildman–Crippen LogP) is 2.65. The Labute approximate surface area is 122 Å². The van der Waals surface area contributed by atoms with E-state index in [-0.39, 0.29) is 6.04 Å². The molecule has 3 nitrogen and oxygen atoms in total. The number of nitrogens with one attached hydrogen (secondary N) is 1. The summed E-state index contributed by atoms with van der Waals surface area (Å²) in [4.78, 5) is 0. The molecule has 1 aliphatic carbocycles. The third-order valence-corrected chi connectivity index (χ3v) is 6.61. The lowest BCUT2D eigenvalue weighted by Crippen LogP contribution is -2.42. The van der Waals surface area contributed by atoms with Gasteiger partial charge >= 0.3 is 0 Å². The Kier molecular flexibility index (Phi) is 4.26. The summed E-state index contributed by atoms with van der Waals surface area (Å²) in [5, 5.41) is 3.36. The third-order valence-electron chi connectivity index (χ3n) is 4.46. The zero-order valence-corrected chi connectivity index (χ0v) is 13.7. The van der Waals surface area contributed by atoms with E-state index in [9.17, 15) is 8.42 Å². The minimum atomic E-state index is -3.05. The molecule has 0 amide bonds. The van der Waals surface area contributed by atoms with E-state index < -0.39 is 14.6 Å². The molecule has 0 saturated carbocycles. The van der Waals surface area contributed by atoms with Crippen molar-refractivity contribution in [1.82, 2.24) is 5.32 Å². The standard InChI is InChI=1S/C16H25NO2S/c1-12(17-11-16(2,3)20(4,18)19)14-9-8-13-6-5-7-15(13)10-14/h8-10,12,17H,5-7,11H2,1-4H3. The Morgan fingerprint density at radius 3 is 2.55 bits per heavy atom. The van der Waals surface area contributed by atoms with E-state index in [1.54, 1.807) is 13.8 Å². The zero-order valence-electron chi connectivity index (χ0n) is 12.9. The predicted molar refractivity (Wildman–Crippen MR) is 83.8 cm³/mol. The second kappa shape index (κ2) is 5.49. The molecule has 112 valence electrons. The van der Waals surface area contributed by atoms with Crippen molar-refractivity contribution in [2.75, 3.05) is 12.8 Å². The highest BCUT2D eigenvalue weighted by Gasteiger charge is 2.30. The van der Waals surface area contributed by atoms with Gasteiger partial charge in [-0.1, -0.05) is 18.2 Å². The van der Waals surface area contributed by atoms with Crippen LogP contribution in [0.4, 0.5) is 0 Å². The molecule has 1 aromatic carbocycles. The van der Waals surface area contributed by atoms with Gasteiger partial charge in [-0.3, -0.25) is 0 Å². The summed E-state index contributed by atoms with van der Waals surface area (Å²) in [5.74, 6) is 0. The summed E-state index contributed by atoms with van der Waals surface area (Å²) >= 11 is 0. The number of aryl methyl sites for hydroxylation is 2. The first-order chi connectivity index (χ1) is 9.21. The molecule has 0 aliphatic heterocycles. The van der Waals surface area contributed by atoms with E-state index in [1.165, 1.54) is 42.2 Å². The highest BCUT2D eigenvalue weighted by molar-refractivity contribution is 7.92. The molecule has 1 aliphatic rings. The lowest BCUT2D eigenvalue weighted by Gasteiger charge is -2.25. The lowest BCUT2D eigenvalue weighted by atomic mass is 10.0. The van der Waals surface area contributed by atoms with E-state index in [2.05, 4.69) is 30.4 Å². The first-order valence-corrected chi connectivity index (χ1v) is 9.14. The monoisotopic (exact) mass is 295 g/mol. The number of rotatable bonds is 5. The van der Waals surface area contributed by atoms with E-state index in [0.717, 1.165) is 0 Å². The molecule has 1 unspecified atom stereocenters. The second-order valence-electron chi connectivity index (χ2n) is 6.52. The molecule has 1 atom stereocenters. The van der Waals surface area contributed by atoms with Crippen LogP contribution in [-0.2, 0) is 22.7 Å². The molecule has 1 aromatic rings. The molecular formula is C16H25NO2S. The molecule has 2 rings (SSSR count). The average Bonchev–Trinajstić information content (AvgIpc) is 2.81. The average molecular weight is 295 g/mol. The highest BCUT2D eigenvalue weighted by Crippen LogP contribution is 2.25. The summed E-state index contributed by atoms with van der Waals surface area (Å²) in [6, 6.07) is 6.82. The maximum atomic E-state index is 11.7. The molecule has 0 bridgehead atoms. The van der Waals surface area contributed by atoms with Crippen molar-refractivity contribution in [3.05, 3.63) is 34.9 Å². The van der Waals surface area contributed by atoms with Gasteiger partial charge in [-0.05, 0) is 56.7 Å². The van der Waals surface area contributed by atoms with Gasteiger partial charge < -0.3 is 5.32 Å². The van der Waals surface area contributed by atoms with Crippen LogP contribution in [-0.4, -0.2) is 26.0 Å². The fourth-order valence-electron chi connectivity index (χ4n) is 2.51. The second-order valence-corrected chi connectivity index (χ2v) is 9.17. The van der Waals surface area contributed by atoms with Crippen molar-refractivity contribution in [1.29, 1.82) is 0 Å². The summed E-state index contributed by atoms with van der Waals surface area (Å²) in [6.07, 6.45) is 4.92. The topological polar surface area (TPSA) is 46.2 Å². The van der Waals surface area contributed by atoms with E-state index in [1.807, 2.05) is 0 Å². The molecule has 0 saturated heterocycles. The summed E-state index contributed by atoms with van der Waals surface area (Å²) in [6.45, 7) is 6.09. The minimum Gasteiger partial charge on any atom is -0.309 e. The molecule has 0 fully saturated rings. The van der Waals surface area contributed by atoms with Crippen molar-refractivity contribution in [3.8, 4) is 0 Å². The molecule has 0 aromatic heterocycles. The summed E-state index contributed by atoms with van der Waals surface area (Å²) < 4.78 is 22.7. The number of fused-ring (bicyclic) bond motifs is 1. The van der Waals surface area contributed by atoms with Crippen LogP contribution in [0, 0.1) is 0 Å². The SMILES string of the molecule is CC(NCC(C)(C)S(C)(=O)=O)c1ccc2c(c1)CCC2. The Bertz CT molecular complexity index is 590. The van der Waals surface area contributed by atoms with Gasteiger partial charge in [-0.2, -0.15) is 0 Å². The molecule has 0 spiro atoms. The van der Waals surface area contributed by atoms with Crippen LogP contribution < -0.4 is 5.32 Å². The number of hydrogen-bond donors (Lipinski definition) is 1. The molecule has 20 heavy (non-hydrogen) atoms. The number of hydrogen-bond acceptors (Lipinski definition) is 3. The van der Waals surface area contributed by atoms with Crippen molar-refractivity contribution in [2.24, 2.45) is 0 Å². The fraction of sp³-hybridized carbons (Fsp3) is 0.625. The van der Waals surface area contributed by atoms with Gasteiger partial charge in [-0.15, -0.1) is 0 Å². The Hall–Kier alpha value is -0.870. The smallest absolute Gasteiger partial charge is 0.153 e. The molecule has 0 heterocycles. The number of sulfone groups is 1. The van der Waals surface area contributed by atoms with Crippen LogP contribution in [0.15, 0.2) is 18.2 Å². The van der Waals surface area contributed by atoms with Crippen LogP contribution in [0.1, 0.15) is 49.9 Å². The van der Waals surface area contributed by atoms with Crippen LogP contribution in [0.5, 0.6) is 0 Å². The van der Waals surface area contributed by atoms with Crippen LogP contribution in [0.25, 0.3) is 0 Å². The Morgan fingerprint density at radius 1 is 1.25 bits per heavy atom. The highest BCUT2D eigenvalue weighted by atomic mass is 32.2. The van der Waals surface area contributed by atoms with Crippen molar-refractivity contribution >= 4 is 9.84 Å². The van der Waals surface area contributed by atoms with Gasteiger partial charge in [0.2, 0.25) is 0 Å². The first-order valence-electron chi connectivity index (χ1n) is 7.25. The maximum Gasteiger partial charge on any atom is 0.153 e. The van der Waals surface area contributed by atoms with Crippen LogP contribution >= 0.6 is 0 Å². The normalized spacial score (nSPS) is 17.0. The largest absolute Gasteiger partial charge is 0.309 e. The molecule has 0 radical (unpaired) electrons. The summed E-state index contributed by atoms with van der Waals surface area (Å²) in [5.41, 5.74) is 4.17. The van der Waals surface area contributed by atoms with Gasteiger partial charge in [0.15, 0.2) is 9.84 Å². The first kappa shape index (κ1) is 15.5. The van der Waals surface area contributed by atoms with Crippen molar-refractivity contribution < 1.29 is 8.42 Å². The van der Waals surface area contributed by atoms with E-state index in [4.69, 9.17) is 0 Å². The van der Waals surface area contributed by atoms with Gasteiger partial charge in [0.25, 0.3) is 0 Å². The van der Waals surface area contributed by atoms with Crippen molar-refractivity contribution in [2.45, 2.75) is 50.8 Å². The zero-order chi connectivity index (χ0) is 15.0. The third kappa shape index (κ3) is 3.23. The number of benzene rings is 1.